The second-order valence-electron chi connectivity index (χ2n) is 22.9. The second-order valence-corrected chi connectivity index (χ2v) is 22.9. The quantitative estimate of drug-likeness (QED) is 0.0261. The first-order valence-electron chi connectivity index (χ1n) is 33.9. The Hall–Kier alpha value is -3.67. The molecule has 1 saturated heterocycles. The van der Waals surface area contributed by atoms with E-state index in [1.54, 1.807) is 6.08 Å². The third-order valence-electron chi connectivity index (χ3n) is 15.2. The Bertz CT molecular complexity index is 1770. The van der Waals surface area contributed by atoms with E-state index in [0.29, 0.717) is 19.3 Å². The molecule has 9 heteroatoms. The lowest BCUT2D eigenvalue weighted by atomic mass is 9.99. The van der Waals surface area contributed by atoms with E-state index in [1.807, 2.05) is 6.08 Å². The van der Waals surface area contributed by atoms with Gasteiger partial charge in [-0.15, -0.1) is 0 Å². The van der Waals surface area contributed by atoms with Gasteiger partial charge in [-0.3, -0.25) is 4.79 Å². The van der Waals surface area contributed by atoms with E-state index in [0.717, 1.165) is 103 Å². The zero-order chi connectivity index (χ0) is 60.0. The minimum absolute atomic E-state index is 0.219. The number of nitrogens with one attached hydrogen (secondary N) is 1. The van der Waals surface area contributed by atoms with Gasteiger partial charge in [-0.05, 0) is 109 Å². The first kappa shape index (κ1) is 77.3. The normalized spacial score (nSPS) is 19.1. The Morgan fingerprint density at radius 3 is 1.16 bits per heavy atom. The van der Waals surface area contributed by atoms with Crippen LogP contribution in [0, 0.1) is 0 Å². The molecule has 6 N–H and O–H groups in total. The van der Waals surface area contributed by atoms with Crippen molar-refractivity contribution in [2.45, 2.75) is 314 Å². The highest BCUT2D eigenvalue weighted by Crippen LogP contribution is 2.23. The summed E-state index contributed by atoms with van der Waals surface area (Å²) in [4.78, 5) is 13.1. The molecule has 1 aliphatic rings. The van der Waals surface area contributed by atoms with Crippen molar-refractivity contribution in [2.75, 3.05) is 13.2 Å². The molecular weight excluding hydrogens is 1030 g/mol. The molecule has 1 rings (SSSR count). The second kappa shape index (κ2) is 61.4. The molecule has 9 nitrogen and oxygen atoms in total. The monoisotopic (exact) mass is 1160 g/mol. The van der Waals surface area contributed by atoms with Crippen molar-refractivity contribution in [3.05, 3.63) is 134 Å². The van der Waals surface area contributed by atoms with Crippen LogP contribution in [0.3, 0.4) is 0 Å². The van der Waals surface area contributed by atoms with E-state index < -0.39 is 49.5 Å². The van der Waals surface area contributed by atoms with E-state index in [9.17, 15) is 30.3 Å². The number of ether oxygens (including phenoxy) is 2. The number of hydrogen-bond donors (Lipinski definition) is 6. The van der Waals surface area contributed by atoms with Crippen molar-refractivity contribution in [2.24, 2.45) is 0 Å². The zero-order valence-corrected chi connectivity index (χ0v) is 52.9. The molecule has 0 aromatic carbocycles. The number of hydrogen-bond acceptors (Lipinski definition) is 8. The maximum Gasteiger partial charge on any atom is 0.220 e. The number of allylic oxidation sites excluding steroid dienone is 21. The van der Waals surface area contributed by atoms with E-state index in [4.69, 9.17) is 9.47 Å². The fourth-order valence-corrected chi connectivity index (χ4v) is 9.91. The highest BCUT2D eigenvalue weighted by Gasteiger charge is 2.44. The SMILES string of the molecule is CC/C=C\C/C=C\C/C=C\C/C=C\C/C=C\C/C=C\C/C=C\C/C=C\CCCCCCC(=O)NC(COC1OC(CO)C(O)C(O)C1O)C(O)/C=C/CC/C=C/CC/C=C/CCCCCCCCCCCCCCCCCCCCCCC. The van der Waals surface area contributed by atoms with Crippen molar-refractivity contribution in [3.8, 4) is 0 Å². The van der Waals surface area contributed by atoms with Gasteiger partial charge in [0.2, 0.25) is 5.91 Å². The van der Waals surface area contributed by atoms with Crippen molar-refractivity contribution in [1.29, 1.82) is 0 Å². The Labute approximate surface area is 509 Å². The molecule has 0 aromatic rings. The van der Waals surface area contributed by atoms with Gasteiger partial charge >= 0.3 is 0 Å². The lowest BCUT2D eigenvalue weighted by Gasteiger charge is -2.40. The van der Waals surface area contributed by atoms with E-state index in [2.05, 4.69) is 141 Å². The number of carbonyl (C=O) groups excluding carboxylic acids is 1. The lowest BCUT2D eigenvalue weighted by molar-refractivity contribution is -0.302. The number of aliphatic hydroxyl groups excluding tert-OH is 5. The van der Waals surface area contributed by atoms with Crippen LogP contribution in [0.5, 0.6) is 0 Å². The van der Waals surface area contributed by atoms with E-state index in [1.165, 1.54) is 135 Å². The van der Waals surface area contributed by atoms with E-state index in [-0.39, 0.29) is 12.5 Å². The maximum atomic E-state index is 13.1. The number of aliphatic hydroxyl groups is 5. The van der Waals surface area contributed by atoms with Crippen molar-refractivity contribution in [1.82, 2.24) is 5.32 Å². The Balaban J connectivity index is 2.24. The summed E-state index contributed by atoms with van der Waals surface area (Å²) in [5, 5.41) is 54.7. The molecule has 7 atom stereocenters. The van der Waals surface area contributed by atoms with Crippen LogP contribution in [-0.4, -0.2) is 87.5 Å². The molecule has 83 heavy (non-hydrogen) atoms. The fourth-order valence-electron chi connectivity index (χ4n) is 9.91. The summed E-state index contributed by atoms with van der Waals surface area (Å²) >= 11 is 0. The minimum atomic E-state index is -1.59. The van der Waals surface area contributed by atoms with Crippen LogP contribution in [0.25, 0.3) is 0 Å². The fraction of sp³-hybridized carbons (Fsp3) is 0.689. The van der Waals surface area contributed by atoms with Crippen molar-refractivity contribution < 1.29 is 39.8 Å². The van der Waals surface area contributed by atoms with Crippen LogP contribution in [0.1, 0.15) is 271 Å². The van der Waals surface area contributed by atoms with Crippen LogP contribution in [0.4, 0.5) is 0 Å². The number of amides is 1. The molecule has 1 aliphatic heterocycles. The maximum absolute atomic E-state index is 13.1. The van der Waals surface area contributed by atoms with Gasteiger partial charge < -0.3 is 40.3 Å². The molecule has 474 valence electrons. The molecule has 0 saturated carbocycles. The summed E-state index contributed by atoms with van der Waals surface area (Å²) in [6, 6.07) is -0.855. The van der Waals surface area contributed by atoms with Gasteiger partial charge in [0.05, 0.1) is 25.4 Å². The number of unbranched alkanes of at least 4 members (excludes halogenated alkanes) is 27. The number of carbonyl (C=O) groups is 1. The molecule has 0 aromatic heterocycles. The highest BCUT2D eigenvalue weighted by atomic mass is 16.7. The van der Waals surface area contributed by atoms with Crippen LogP contribution in [0.15, 0.2) is 134 Å². The first-order valence-corrected chi connectivity index (χ1v) is 33.9. The van der Waals surface area contributed by atoms with Crippen LogP contribution < -0.4 is 5.32 Å². The van der Waals surface area contributed by atoms with Gasteiger partial charge in [-0.2, -0.15) is 0 Å². The number of rotatable bonds is 57. The molecule has 0 aliphatic carbocycles. The third-order valence-corrected chi connectivity index (χ3v) is 15.2. The highest BCUT2D eigenvalue weighted by molar-refractivity contribution is 5.76. The summed E-state index contributed by atoms with van der Waals surface area (Å²) in [5.74, 6) is -0.219. The first-order chi connectivity index (χ1) is 40.8. The van der Waals surface area contributed by atoms with Crippen molar-refractivity contribution >= 4 is 5.91 Å². The topological polar surface area (TPSA) is 149 Å². The van der Waals surface area contributed by atoms with Gasteiger partial charge in [0.1, 0.15) is 24.4 Å². The van der Waals surface area contributed by atoms with Crippen LogP contribution >= 0.6 is 0 Å². The lowest BCUT2D eigenvalue weighted by Crippen LogP contribution is -2.60. The van der Waals surface area contributed by atoms with Gasteiger partial charge in [0.15, 0.2) is 6.29 Å². The third kappa shape index (κ3) is 50.2. The summed E-state index contributed by atoms with van der Waals surface area (Å²) < 4.78 is 11.3. The van der Waals surface area contributed by atoms with Crippen molar-refractivity contribution in [3.63, 3.8) is 0 Å². The molecule has 0 spiro atoms. The van der Waals surface area contributed by atoms with Crippen LogP contribution in [-0.2, 0) is 14.3 Å². The average molecular weight is 1160 g/mol. The largest absolute Gasteiger partial charge is 0.394 e. The Morgan fingerprint density at radius 1 is 0.422 bits per heavy atom. The van der Waals surface area contributed by atoms with Gasteiger partial charge in [0, 0.05) is 6.42 Å². The molecule has 1 fully saturated rings. The molecule has 0 radical (unpaired) electrons. The van der Waals surface area contributed by atoms with Gasteiger partial charge in [0.25, 0.3) is 0 Å². The average Bonchev–Trinajstić information content (AvgIpc) is 3.60. The predicted octanol–water partition coefficient (Wildman–Crippen LogP) is 18.4. The minimum Gasteiger partial charge on any atom is -0.394 e. The van der Waals surface area contributed by atoms with Crippen LogP contribution in [0.2, 0.25) is 0 Å². The standard InChI is InChI=1S/C74H125NO8/c1-3-5-7-9-11-13-15-17-19-21-23-25-27-29-31-33-34-36-37-39-41-43-45-47-49-51-53-55-57-59-61-63-68(77)67(66-82-74-73(81)72(80)71(79)69(65-76)83-74)75-70(78)64-62-60-58-56-54-52-50-48-46-44-42-40-38-35-32-30-28-26-24-22-20-18-16-14-12-10-8-6-4-2/h6,8,12,14,18,20,24,26,30,32,38,40,44-47,50,52-53,55,61,63,67-69,71-74,76-77,79-81H,3-5,7,9-11,13,15-17,19,21-23,25,27-29,31,33-37,39,41-43,48-49,51,54,56-60,62,64-66H2,1-2H3,(H,75,78)/b8-6-,14-12-,20-18-,26-24-,32-30-,40-38-,46-44-,47-45+,52-50-,55-53+,63-61+. The van der Waals surface area contributed by atoms with E-state index >= 15 is 0 Å². The Morgan fingerprint density at radius 2 is 0.759 bits per heavy atom. The summed E-state index contributed by atoms with van der Waals surface area (Å²) in [5.41, 5.74) is 0. The zero-order valence-electron chi connectivity index (χ0n) is 52.9. The van der Waals surface area contributed by atoms with Gasteiger partial charge in [-0.1, -0.05) is 289 Å². The summed E-state index contributed by atoms with van der Waals surface area (Å²) in [6.45, 7) is 3.64. The molecular formula is C74H125NO8. The summed E-state index contributed by atoms with van der Waals surface area (Å²) in [6.07, 6.45) is 86.9. The predicted molar refractivity (Wildman–Crippen MR) is 354 cm³/mol. The molecule has 0 bridgehead atoms. The molecule has 1 amide bonds. The van der Waals surface area contributed by atoms with Gasteiger partial charge in [-0.25, -0.2) is 0 Å². The summed E-state index contributed by atoms with van der Waals surface area (Å²) in [7, 11) is 0. The molecule has 1 heterocycles. The molecule has 7 unspecified atom stereocenters. The smallest absolute Gasteiger partial charge is 0.220 e. The Kier molecular flexibility index (Phi) is 57.2.